The average molecular weight is 411 g/mol. The van der Waals surface area contributed by atoms with E-state index in [4.69, 9.17) is 15.8 Å². The van der Waals surface area contributed by atoms with Gasteiger partial charge in [0.1, 0.15) is 0 Å². The summed E-state index contributed by atoms with van der Waals surface area (Å²) in [6.45, 7) is 2.53. The van der Waals surface area contributed by atoms with Crippen molar-refractivity contribution in [1.29, 1.82) is 0 Å². The third-order valence-electron chi connectivity index (χ3n) is 4.64. The van der Waals surface area contributed by atoms with E-state index in [0.717, 1.165) is 15.8 Å². The van der Waals surface area contributed by atoms with E-state index in [1.165, 1.54) is 4.70 Å². The number of nitrogen functional groups attached to an aromatic ring is 1. The lowest BCUT2D eigenvalue weighted by Crippen LogP contribution is -2.38. The summed E-state index contributed by atoms with van der Waals surface area (Å²) in [5, 5.41) is 16.3. The predicted molar refractivity (Wildman–Crippen MR) is 114 cm³/mol. The maximum atomic E-state index is 9.08. The van der Waals surface area contributed by atoms with Crippen LogP contribution in [-0.2, 0) is 6.54 Å². The first-order valence-corrected chi connectivity index (χ1v) is 9.98. The van der Waals surface area contributed by atoms with E-state index in [-0.39, 0.29) is 12.6 Å². The molecule has 0 aliphatic rings. The minimum absolute atomic E-state index is 0.0233. The maximum Gasteiger partial charge on any atom is 0.187 e. The number of hydrogen-bond donors (Lipinski definition) is 3. The van der Waals surface area contributed by atoms with Crippen LogP contribution in [0.2, 0.25) is 0 Å². The largest absolute Gasteiger partial charge is 0.394 e. The number of rotatable bonds is 7. The second-order valence-electron chi connectivity index (χ2n) is 6.51. The minimum Gasteiger partial charge on any atom is -0.394 e. The quantitative estimate of drug-likeness (QED) is 0.397. The van der Waals surface area contributed by atoms with Gasteiger partial charge in [0, 0.05) is 46.2 Å². The van der Waals surface area contributed by atoms with E-state index >= 15 is 0 Å². The van der Waals surface area contributed by atoms with Crippen molar-refractivity contribution in [1.82, 2.24) is 30.2 Å². The number of hydrazine groups is 1. The molecule has 29 heavy (non-hydrogen) atoms. The molecule has 4 aromatic rings. The number of aliphatic hydroxyl groups is 1. The Kier molecular flexibility index (Phi) is 5.38. The number of nitrogens with two attached hydrogens (primary N) is 1. The molecule has 0 spiro atoms. The molecule has 0 aliphatic carbocycles. The zero-order valence-corrected chi connectivity index (χ0v) is 17.0. The molecule has 4 N–H and O–H groups in total. The van der Waals surface area contributed by atoms with Gasteiger partial charge in [-0.2, -0.15) is 5.10 Å². The van der Waals surface area contributed by atoms with Gasteiger partial charge in [0.05, 0.1) is 37.3 Å². The summed E-state index contributed by atoms with van der Waals surface area (Å²) in [5.41, 5.74) is 10.8. The number of aromatic nitrogens is 5. The van der Waals surface area contributed by atoms with Crippen molar-refractivity contribution >= 4 is 33.1 Å². The number of nitrogens with zero attached hydrogens (tertiary/aromatic N) is 6. The summed E-state index contributed by atoms with van der Waals surface area (Å²) in [6, 6.07) is 4.12. The van der Waals surface area contributed by atoms with Crippen LogP contribution in [0.1, 0.15) is 17.8 Å². The highest BCUT2D eigenvalue weighted by Gasteiger charge is 2.22. The van der Waals surface area contributed by atoms with E-state index in [1.54, 1.807) is 34.6 Å². The standard InChI is InChI=1S/C19H22N8OS/c1-12(17-7-13-8-22-4-3-16(13)29-17)27(21-2)19-18(20)23-10-15(25-19)14-9-24-26(11-14)5-6-28/h3-4,7-12,21,28H,5-6H2,1-2H3,(H2,20,23). The number of nitrogens with one attached hydrogen (secondary N) is 1. The Balaban J connectivity index is 1.68. The summed E-state index contributed by atoms with van der Waals surface area (Å²) in [5.74, 6) is 0.878. The van der Waals surface area contributed by atoms with Crippen LogP contribution in [-0.4, -0.2) is 43.5 Å². The van der Waals surface area contributed by atoms with Crippen molar-refractivity contribution in [2.75, 3.05) is 24.4 Å². The Morgan fingerprint density at radius 1 is 1.34 bits per heavy atom. The van der Waals surface area contributed by atoms with E-state index in [1.807, 2.05) is 30.5 Å². The van der Waals surface area contributed by atoms with Gasteiger partial charge in [-0.05, 0) is 19.1 Å². The molecule has 0 fully saturated rings. The van der Waals surface area contributed by atoms with Crippen molar-refractivity contribution in [2.45, 2.75) is 19.5 Å². The average Bonchev–Trinajstić information content (AvgIpc) is 3.37. The molecule has 150 valence electrons. The van der Waals surface area contributed by atoms with Crippen LogP contribution in [0, 0.1) is 0 Å². The second-order valence-corrected chi connectivity index (χ2v) is 7.63. The van der Waals surface area contributed by atoms with Crippen LogP contribution in [0.5, 0.6) is 0 Å². The van der Waals surface area contributed by atoms with Gasteiger partial charge < -0.3 is 10.8 Å². The third kappa shape index (κ3) is 3.77. The number of anilines is 2. The number of fused-ring (bicyclic) bond motifs is 1. The molecule has 0 aromatic carbocycles. The molecule has 0 bridgehead atoms. The Hall–Kier alpha value is -3.08. The maximum absolute atomic E-state index is 9.08. The van der Waals surface area contributed by atoms with Crippen molar-refractivity contribution in [3.63, 3.8) is 0 Å². The van der Waals surface area contributed by atoms with Crippen LogP contribution in [0.25, 0.3) is 21.3 Å². The summed E-state index contributed by atoms with van der Waals surface area (Å²) in [7, 11) is 1.83. The Morgan fingerprint density at radius 3 is 2.97 bits per heavy atom. The highest BCUT2D eigenvalue weighted by molar-refractivity contribution is 7.19. The van der Waals surface area contributed by atoms with E-state index in [9.17, 15) is 0 Å². The summed E-state index contributed by atoms with van der Waals surface area (Å²) in [4.78, 5) is 14.4. The molecule has 4 aromatic heterocycles. The Morgan fingerprint density at radius 2 is 2.21 bits per heavy atom. The number of pyridine rings is 1. The first-order valence-electron chi connectivity index (χ1n) is 9.17. The molecule has 1 unspecified atom stereocenters. The Bertz CT molecular complexity index is 1090. The SMILES string of the molecule is CNN(c1nc(-c2cnn(CCO)c2)cnc1N)C(C)c1cc2cnccc2s1. The molecule has 4 rings (SSSR count). The lowest BCUT2D eigenvalue weighted by Gasteiger charge is -2.29. The molecule has 0 radical (unpaired) electrons. The van der Waals surface area contributed by atoms with Crippen LogP contribution >= 0.6 is 11.3 Å². The lowest BCUT2D eigenvalue weighted by molar-refractivity contribution is 0.269. The van der Waals surface area contributed by atoms with Crippen molar-refractivity contribution in [3.05, 3.63) is 48.0 Å². The fraction of sp³-hybridized carbons (Fsp3) is 0.263. The molecule has 0 amide bonds. The van der Waals surface area contributed by atoms with Crippen molar-refractivity contribution in [3.8, 4) is 11.3 Å². The van der Waals surface area contributed by atoms with Gasteiger partial charge in [-0.1, -0.05) is 0 Å². The number of thiophene rings is 1. The van der Waals surface area contributed by atoms with E-state index in [2.05, 4.69) is 33.5 Å². The van der Waals surface area contributed by atoms with Crippen molar-refractivity contribution < 1.29 is 5.11 Å². The smallest absolute Gasteiger partial charge is 0.187 e. The molecule has 1 atom stereocenters. The van der Waals surface area contributed by atoms with Gasteiger partial charge in [-0.3, -0.25) is 14.7 Å². The molecule has 0 aliphatic heterocycles. The minimum atomic E-state index is -0.0265. The number of hydrogen-bond acceptors (Lipinski definition) is 9. The number of aliphatic hydroxyl groups excluding tert-OH is 1. The highest BCUT2D eigenvalue weighted by atomic mass is 32.1. The van der Waals surface area contributed by atoms with Gasteiger partial charge in [0.25, 0.3) is 0 Å². The third-order valence-corrected chi connectivity index (χ3v) is 5.93. The molecular weight excluding hydrogens is 388 g/mol. The monoisotopic (exact) mass is 410 g/mol. The van der Waals surface area contributed by atoms with E-state index < -0.39 is 0 Å². The second kappa shape index (κ2) is 8.11. The van der Waals surface area contributed by atoms with Gasteiger partial charge >= 0.3 is 0 Å². The Labute approximate surface area is 171 Å². The van der Waals surface area contributed by atoms with Crippen LogP contribution in [0.4, 0.5) is 11.6 Å². The van der Waals surface area contributed by atoms with Crippen LogP contribution in [0.15, 0.2) is 43.1 Å². The first kappa shape index (κ1) is 19.2. The molecule has 10 heteroatoms. The van der Waals surface area contributed by atoms with Gasteiger partial charge in [0.2, 0.25) is 0 Å². The molecule has 0 saturated heterocycles. The fourth-order valence-corrected chi connectivity index (χ4v) is 4.22. The van der Waals surface area contributed by atoms with Gasteiger partial charge in [0.15, 0.2) is 11.6 Å². The topological polar surface area (TPSA) is 118 Å². The van der Waals surface area contributed by atoms with Crippen LogP contribution < -0.4 is 16.2 Å². The van der Waals surface area contributed by atoms with Gasteiger partial charge in [-0.15, -0.1) is 11.3 Å². The summed E-state index contributed by atoms with van der Waals surface area (Å²) in [6.07, 6.45) is 8.82. The fourth-order valence-electron chi connectivity index (χ4n) is 3.15. The molecule has 0 saturated carbocycles. The van der Waals surface area contributed by atoms with Crippen LogP contribution in [0.3, 0.4) is 0 Å². The van der Waals surface area contributed by atoms with E-state index in [0.29, 0.717) is 23.9 Å². The molecule has 4 heterocycles. The first-order chi connectivity index (χ1) is 14.1. The lowest BCUT2D eigenvalue weighted by atomic mass is 10.2. The van der Waals surface area contributed by atoms with Gasteiger partial charge in [-0.25, -0.2) is 15.4 Å². The normalized spacial score (nSPS) is 12.4. The molecule has 9 nitrogen and oxygen atoms in total. The van der Waals surface area contributed by atoms with Crippen molar-refractivity contribution in [2.24, 2.45) is 0 Å². The highest BCUT2D eigenvalue weighted by Crippen LogP contribution is 2.34. The summed E-state index contributed by atoms with van der Waals surface area (Å²) < 4.78 is 2.85. The summed E-state index contributed by atoms with van der Waals surface area (Å²) >= 11 is 1.71. The zero-order valence-electron chi connectivity index (χ0n) is 16.1. The predicted octanol–water partition coefficient (Wildman–Crippen LogP) is 2.23. The zero-order chi connectivity index (χ0) is 20.4. The molecular formula is C19H22N8OS.